The third-order valence-electron chi connectivity index (χ3n) is 1.89. The SMILES string of the molecule is C=C[Si](C)(C)O[Si](C)(O)O[Si](C)(C)C=C. The van der Waals surface area contributed by atoms with Gasteiger partial charge in [-0.25, -0.2) is 0 Å². The number of hydrogen-bond acceptors (Lipinski definition) is 3. The second-order valence-corrected chi connectivity index (χ2v) is 15.4. The molecule has 88 valence electrons. The van der Waals surface area contributed by atoms with Gasteiger partial charge in [-0.05, 0) is 26.2 Å². The average molecular weight is 263 g/mol. The van der Waals surface area contributed by atoms with Gasteiger partial charge in [0.15, 0.2) is 0 Å². The van der Waals surface area contributed by atoms with Gasteiger partial charge in [0, 0.05) is 6.55 Å². The third kappa shape index (κ3) is 6.23. The Bertz CT molecular complexity index is 225. The van der Waals surface area contributed by atoms with Crippen molar-refractivity contribution < 1.29 is 13.0 Å². The maximum Gasteiger partial charge on any atom is 0.474 e. The molecule has 1 N–H and O–H groups in total. The smallest absolute Gasteiger partial charge is 0.412 e. The molecule has 3 nitrogen and oxygen atoms in total. The van der Waals surface area contributed by atoms with Crippen molar-refractivity contribution in [2.45, 2.75) is 32.7 Å². The second-order valence-electron chi connectivity index (χ2n) is 4.72. The van der Waals surface area contributed by atoms with Gasteiger partial charge in [0.05, 0.1) is 0 Å². The lowest BCUT2D eigenvalue weighted by molar-refractivity contribution is 0.257. The molecule has 0 aliphatic carbocycles. The molecule has 0 amide bonds. The first-order valence-electron chi connectivity index (χ1n) is 4.93. The molecule has 0 radical (unpaired) electrons. The summed E-state index contributed by atoms with van der Waals surface area (Å²) in [6.07, 6.45) is 0. The molecule has 0 saturated heterocycles. The molecule has 15 heavy (non-hydrogen) atoms. The normalized spacial score (nSPS) is 13.7. The highest BCUT2D eigenvalue weighted by Gasteiger charge is 2.41. The van der Waals surface area contributed by atoms with Gasteiger partial charge in [-0.1, -0.05) is 11.4 Å². The van der Waals surface area contributed by atoms with Crippen LogP contribution in [0.2, 0.25) is 32.7 Å². The zero-order chi connectivity index (χ0) is 12.3. The predicted octanol–water partition coefficient (Wildman–Crippen LogP) is 2.44. The standard InChI is InChI=1S/C9H22O3Si3/c1-8-13(3,4)11-15(7,10)12-14(5,6)9-2/h8-10H,1-2H2,3-7H3. The zero-order valence-corrected chi connectivity index (χ0v) is 13.3. The average Bonchev–Trinajstić information content (AvgIpc) is 2.00. The van der Waals surface area contributed by atoms with Crippen molar-refractivity contribution >= 4 is 25.4 Å². The maximum atomic E-state index is 10.1. The Labute approximate surface area is 96.1 Å². The Morgan fingerprint density at radius 3 is 1.33 bits per heavy atom. The summed E-state index contributed by atoms with van der Waals surface area (Å²) < 4.78 is 11.4. The van der Waals surface area contributed by atoms with Crippen LogP contribution in [-0.4, -0.2) is 30.2 Å². The highest BCUT2D eigenvalue weighted by molar-refractivity contribution is 6.88. The zero-order valence-electron chi connectivity index (χ0n) is 10.3. The molecular formula is C9H22O3Si3. The Morgan fingerprint density at radius 2 is 1.13 bits per heavy atom. The molecule has 0 aromatic heterocycles. The predicted molar refractivity (Wildman–Crippen MR) is 71.4 cm³/mol. The first-order chi connectivity index (χ1) is 6.54. The molecule has 0 bridgehead atoms. The van der Waals surface area contributed by atoms with E-state index < -0.39 is 25.4 Å². The first-order valence-corrected chi connectivity index (χ1v) is 13.2. The Balaban J connectivity index is 4.56. The lowest BCUT2D eigenvalue weighted by Gasteiger charge is -2.33. The first kappa shape index (κ1) is 15.0. The van der Waals surface area contributed by atoms with Crippen LogP contribution in [-0.2, 0) is 8.23 Å². The molecule has 0 saturated carbocycles. The van der Waals surface area contributed by atoms with E-state index in [2.05, 4.69) is 13.2 Å². The highest BCUT2D eigenvalue weighted by atomic mass is 28.5. The van der Waals surface area contributed by atoms with E-state index in [1.807, 2.05) is 26.2 Å². The molecule has 0 aromatic rings. The lowest BCUT2D eigenvalue weighted by atomic mass is 11.3. The van der Waals surface area contributed by atoms with Gasteiger partial charge < -0.3 is 13.0 Å². The topological polar surface area (TPSA) is 38.7 Å². The van der Waals surface area contributed by atoms with Gasteiger partial charge in [0.25, 0.3) is 0 Å². The van der Waals surface area contributed by atoms with Crippen molar-refractivity contribution in [3.8, 4) is 0 Å². The van der Waals surface area contributed by atoms with Crippen LogP contribution in [0.4, 0.5) is 0 Å². The van der Waals surface area contributed by atoms with Gasteiger partial charge in [0.1, 0.15) is 0 Å². The van der Waals surface area contributed by atoms with Crippen LogP contribution in [0, 0.1) is 0 Å². The van der Waals surface area contributed by atoms with Gasteiger partial charge >= 0.3 is 8.80 Å². The van der Waals surface area contributed by atoms with E-state index in [9.17, 15) is 4.80 Å². The largest absolute Gasteiger partial charge is 0.474 e. The van der Waals surface area contributed by atoms with Crippen molar-refractivity contribution in [2.75, 3.05) is 0 Å². The Kier molecular flexibility index (Phi) is 4.90. The van der Waals surface area contributed by atoms with Crippen LogP contribution in [0.1, 0.15) is 0 Å². The van der Waals surface area contributed by atoms with Gasteiger partial charge in [0.2, 0.25) is 16.6 Å². The summed E-state index contributed by atoms with van der Waals surface area (Å²) in [5.74, 6) is 0. The third-order valence-corrected chi connectivity index (χ3v) is 11.1. The van der Waals surface area contributed by atoms with Gasteiger partial charge in [-0.15, -0.1) is 13.2 Å². The highest BCUT2D eigenvalue weighted by Crippen LogP contribution is 2.19. The van der Waals surface area contributed by atoms with E-state index >= 15 is 0 Å². The van der Waals surface area contributed by atoms with Crippen molar-refractivity contribution in [3.63, 3.8) is 0 Å². The minimum Gasteiger partial charge on any atom is -0.412 e. The molecule has 6 heteroatoms. The summed E-state index contributed by atoms with van der Waals surface area (Å²) in [5.41, 5.74) is 3.58. The fraction of sp³-hybridized carbons (Fsp3) is 0.556. The molecule has 0 heterocycles. The molecule has 0 spiro atoms. The van der Waals surface area contributed by atoms with Crippen LogP contribution in [0.25, 0.3) is 0 Å². The Morgan fingerprint density at radius 1 is 0.867 bits per heavy atom. The Hall–Kier alpha value is 0.0106. The van der Waals surface area contributed by atoms with Crippen molar-refractivity contribution in [3.05, 3.63) is 24.6 Å². The molecule has 0 atom stereocenters. The maximum absolute atomic E-state index is 10.1. The second kappa shape index (κ2) is 4.90. The number of rotatable bonds is 6. The summed E-state index contributed by atoms with van der Waals surface area (Å²) >= 11 is 0. The fourth-order valence-corrected chi connectivity index (χ4v) is 10.1. The molecular weight excluding hydrogens is 240 g/mol. The van der Waals surface area contributed by atoms with E-state index in [0.717, 1.165) is 0 Å². The lowest BCUT2D eigenvalue weighted by Crippen LogP contribution is -2.53. The van der Waals surface area contributed by atoms with Gasteiger partial charge in [-0.3, -0.25) is 0 Å². The molecule has 0 rings (SSSR count). The summed E-state index contributed by atoms with van der Waals surface area (Å²) in [6, 6.07) is 0. The van der Waals surface area contributed by atoms with Crippen LogP contribution in [0.15, 0.2) is 24.6 Å². The van der Waals surface area contributed by atoms with E-state index in [0.29, 0.717) is 0 Å². The number of hydrogen-bond donors (Lipinski definition) is 1. The van der Waals surface area contributed by atoms with Crippen molar-refractivity contribution in [2.24, 2.45) is 0 Å². The van der Waals surface area contributed by atoms with Crippen molar-refractivity contribution in [1.82, 2.24) is 0 Å². The summed E-state index contributed by atoms with van der Waals surface area (Å²) in [7, 11) is -7.01. The molecule has 0 aliphatic heterocycles. The van der Waals surface area contributed by atoms with Crippen molar-refractivity contribution in [1.29, 1.82) is 0 Å². The summed E-state index contributed by atoms with van der Waals surface area (Å²) in [5, 5.41) is 0. The monoisotopic (exact) mass is 262 g/mol. The molecule has 0 unspecified atom stereocenters. The van der Waals surface area contributed by atoms with Gasteiger partial charge in [-0.2, -0.15) is 0 Å². The van der Waals surface area contributed by atoms with Crippen LogP contribution >= 0.6 is 0 Å². The fourth-order valence-electron chi connectivity index (χ4n) is 1.08. The molecule has 0 aromatic carbocycles. The molecule has 0 fully saturated rings. The minimum absolute atomic E-state index is 1.66. The van der Waals surface area contributed by atoms with E-state index in [1.165, 1.54) is 0 Å². The van der Waals surface area contributed by atoms with E-state index in [4.69, 9.17) is 8.23 Å². The van der Waals surface area contributed by atoms with Crippen LogP contribution in [0.5, 0.6) is 0 Å². The van der Waals surface area contributed by atoms with E-state index in [1.54, 1.807) is 17.9 Å². The van der Waals surface area contributed by atoms with Crippen LogP contribution < -0.4 is 0 Å². The van der Waals surface area contributed by atoms with E-state index in [-0.39, 0.29) is 0 Å². The van der Waals surface area contributed by atoms with Crippen LogP contribution in [0.3, 0.4) is 0 Å². The minimum atomic E-state index is -3.04. The molecule has 0 aliphatic rings. The quantitative estimate of drug-likeness (QED) is 0.747. The summed E-state index contributed by atoms with van der Waals surface area (Å²) in [4.78, 5) is 10.1. The summed E-state index contributed by atoms with van der Waals surface area (Å²) in [6.45, 7) is 17.0.